The second-order valence-electron chi connectivity index (χ2n) is 6.43. The van der Waals surface area contributed by atoms with Gasteiger partial charge in [0.05, 0.1) is 22.8 Å². The topological polar surface area (TPSA) is 52.0 Å². The van der Waals surface area contributed by atoms with Gasteiger partial charge in [-0.05, 0) is 42.5 Å². The van der Waals surface area contributed by atoms with Crippen LogP contribution in [-0.4, -0.2) is 27.6 Å². The maximum Gasteiger partial charge on any atom is 0.127 e. The van der Waals surface area contributed by atoms with E-state index in [0.717, 1.165) is 46.9 Å². The molecule has 26 heavy (non-hydrogen) atoms. The summed E-state index contributed by atoms with van der Waals surface area (Å²) >= 11 is 0. The van der Waals surface area contributed by atoms with Crippen LogP contribution >= 0.6 is 0 Å². The number of fused-ring (bicyclic) bond motifs is 1. The van der Waals surface area contributed by atoms with Crippen LogP contribution in [-0.2, 0) is 0 Å². The molecule has 0 spiro atoms. The molecule has 0 bridgehead atoms. The number of benzene rings is 2. The molecule has 0 saturated carbocycles. The van der Waals surface area contributed by atoms with Crippen LogP contribution in [0.25, 0.3) is 22.3 Å². The van der Waals surface area contributed by atoms with Crippen LogP contribution in [0.2, 0.25) is 0 Å². The van der Waals surface area contributed by atoms with Crippen molar-refractivity contribution in [1.29, 1.82) is 0 Å². The summed E-state index contributed by atoms with van der Waals surface area (Å²) in [4.78, 5) is 9.00. The van der Waals surface area contributed by atoms with Gasteiger partial charge in [-0.1, -0.05) is 18.2 Å². The lowest BCUT2D eigenvalue weighted by atomic mass is 10.1. The van der Waals surface area contributed by atoms with Gasteiger partial charge >= 0.3 is 0 Å². The van der Waals surface area contributed by atoms with Crippen molar-refractivity contribution >= 4 is 11.0 Å². The molecule has 0 amide bonds. The third-order valence-corrected chi connectivity index (χ3v) is 4.76. The molecule has 1 aliphatic heterocycles. The summed E-state index contributed by atoms with van der Waals surface area (Å²) in [7, 11) is 0. The molecule has 1 saturated heterocycles. The van der Waals surface area contributed by atoms with Gasteiger partial charge in [-0.15, -0.1) is 0 Å². The number of hydrogen-bond acceptors (Lipinski definition) is 4. The number of ether oxygens (including phenoxy) is 1. The number of aromatic nitrogens is 3. The Morgan fingerprint density at radius 2 is 1.65 bits per heavy atom. The Balaban J connectivity index is 1.50. The summed E-state index contributed by atoms with van der Waals surface area (Å²) in [6.45, 7) is 1.98. The van der Waals surface area contributed by atoms with Gasteiger partial charge in [0.15, 0.2) is 0 Å². The maximum absolute atomic E-state index is 5.88. The molecule has 5 rings (SSSR count). The van der Waals surface area contributed by atoms with Crippen LogP contribution in [0.4, 0.5) is 0 Å². The minimum absolute atomic E-state index is 0.470. The number of nitrogens with zero attached hydrogens (tertiary/aromatic N) is 3. The van der Waals surface area contributed by atoms with Gasteiger partial charge in [0.25, 0.3) is 0 Å². The quantitative estimate of drug-likeness (QED) is 0.608. The Bertz CT molecular complexity index is 1040. The SMILES string of the molecule is c1ccc(Oc2ccc(-c3ncnc4ccn(C5CNC5)c34)cc2)cc1. The molecule has 1 fully saturated rings. The van der Waals surface area contributed by atoms with E-state index in [2.05, 4.69) is 44.2 Å². The second-order valence-corrected chi connectivity index (χ2v) is 6.43. The van der Waals surface area contributed by atoms with Crippen molar-refractivity contribution in [3.63, 3.8) is 0 Å². The first-order valence-corrected chi connectivity index (χ1v) is 8.74. The minimum atomic E-state index is 0.470. The van der Waals surface area contributed by atoms with Gasteiger partial charge in [-0.3, -0.25) is 0 Å². The van der Waals surface area contributed by atoms with Crippen LogP contribution < -0.4 is 10.1 Å². The molecule has 5 nitrogen and oxygen atoms in total. The summed E-state index contributed by atoms with van der Waals surface area (Å²) in [5.74, 6) is 1.64. The van der Waals surface area contributed by atoms with Gasteiger partial charge in [0, 0.05) is 24.8 Å². The maximum atomic E-state index is 5.88. The van der Waals surface area contributed by atoms with E-state index in [9.17, 15) is 0 Å². The van der Waals surface area contributed by atoms with Crippen LogP contribution in [0, 0.1) is 0 Å². The summed E-state index contributed by atoms with van der Waals surface area (Å²) in [6, 6.07) is 20.4. The highest BCUT2D eigenvalue weighted by molar-refractivity contribution is 5.90. The van der Waals surface area contributed by atoms with Gasteiger partial charge in [0.1, 0.15) is 17.8 Å². The Morgan fingerprint density at radius 3 is 2.38 bits per heavy atom. The molecular weight excluding hydrogens is 324 g/mol. The average Bonchev–Trinajstić information content (AvgIpc) is 3.06. The highest BCUT2D eigenvalue weighted by Gasteiger charge is 2.22. The average molecular weight is 342 g/mol. The fourth-order valence-electron chi connectivity index (χ4n) is 3.29. The minimum Gasteiger partial charge on any atom is -0.457 e. The van der Waals surface area contributed by atoms with Crippen LogP contribution in [0.5, 0.6) is 11.5 Å². The van der Waals surface area contributed by atoms with E-state index in [1.54, 1.807) is 6.33 Å². The summed E-state index contributed by atoms with van der Waals surface area (Å²) in [6.07, 6.45) is 3.75. The van der Waals surface area contributed by atoms with E-state index in [1.165, 1.54) is 0 Å². The first-order chi connectivity index (χ1) is 12.9. The molecule has 0 unspecified atom stereocenters. The van der Waals surface area contributed by atoms with Crippen molar-refractivity contribution in [2.75, 3.05) is 13.1 Å². The van der Waals surface area contributed by atoms with E-state index >= 15 is 0 Å². The molecule has 128 valence electrons. The molecule has 0 atom stereocenters. The lowest BCUT2D eigenvalue weighted by molar-refractivity contribution is 0.352. The molecule has 3 heterocycles. The van der Waals surface area contributed by atoms with Gasteiger partial charge in [0.2, 0.25) is 0 Å². The number of hydrogen-bond donors (Lipinski definition) is 1. The van der Waals surface area contributed by atoms with Crippen molar-refractivity contribution in [3.8, 4) is 22.8 Å². The van der Waals surface area contributed by atoms with Crippen LogP contribution in [0.3, 0.4) is 0 Å². The molecule has 2 aromatic heterocycles. The molecule has 1 aliphatic rings. The molecular formula is C21H18N4O. The van der Waals surface area contributed by atoms with Gasteiger partial charge in [-0.2, -0.15) is 0 Å². The Morgan fingerprint density at radius 1 is 0.885 bits per heavy atom. The standard InChI is InChI=1S/C21H18N4O/c1-2-4-17(5-3-1)26-18-8-6-15(7-9-18)20-21-19(23-14-24-20)10-11-25(21)16-12-22-13-16/h1-11,14,16,22H,12-13H2. The monoisotopic (exact) mass is 342 g/mol. The Labute approximate surface area is 151 Å². The van der Waals surface area contributed by atoms with Crippen molar-refractivity contribution in [2.24, 2.45) is 0 Å². The highest BCUT2D eigenvalue weighted by atomic mass is 16.5. The second kappa shape index (κ2) is 6.28. The number of nitrogens with one attached hydrogen (secondary N) is 1. The zero-order valence-corrected chi connectivity index (χ0v) is 14.2. The predicted molar refractivity (Wildman–Crippen MR) is 101 cm³/mol. The first-order valence-electron chi connectivity index (χ1n) is 8.74. The molecule has 4 aromatic rings. The van der Waals surface area contributed by atoms with Gasteiger partial charge < -0.3 is 14.6 Å². The van der Waals surface area contributed by atoms with Crippen molar-refractivity contribution in [1.82, 2.24) is 19.9 Å². The fourth-order valence-corrected chi connectivity index (χ4v) is 3.29. The van der Waals surface area contributed by atoms with E-state index < -0.39 is 0 Å². The van der Waals surface area contributed by atoms with Crippen LogP contribution in [0.15, 0.2) is 73.2 Å². The lowest BCUT2D eigenvalue weighted by Crippen LogP contribution is -2.43. The highest BCUT2D eigenvalue weighted by Crippen LogP contribution is 2.31. The summed E-state index contributed by atoms with van der Waals surface area (Å²) < 4.78 is 8.17. The molecule has 0 radical (unpaired) electrons. The third-order valence-electron chi connectivity index (χ3n) is 4.76. The van der Waals surface area contributed by atoms with Crippen molar-refractivity contribution in [3.05, 3.63) is 73.2 Å². The third kappa shape index (κ3) is 2.62. The zero-order valence-electron chi connectivity index (χ0n) is 14.2. The lowest BCUT2D eigenvalue weighted by Gasteiger charge is -2.29. The molecule has 0 aliphatic carbocycles. The summed E-state index contributed by atoms with van der Waals surface area (Å²) in [5, 5.41) is 3.33. The largest absolute Gasteiger partial charge is 0.457 e. The van der Waals surface area contributed by atoms with Crippen molar-refractivity contribution < 1.29 is 4.74 Å². The van der Waals surface area contributed by atoms with E-state index in [0.29, 0.717) is 6.04 Å². The number of rotatable bonds is 4. The van der Waals surface area contributed by atoms with E-state index in [4.69, 9.17) is 4.74 Å². The van der Waals surface area contributed by atoms with Gasteiger partial charge in [-0.25, -0.2) is 9.97 Å². The smallest absolute Gasteiger partial charge is 0.127 e. The molecule has 2 aromatic carbocycles. The first kappa shape index (κ1) is 15.1. The Kier molecular flexibility index (Phi) is 3.65. The zero-order chi connectivity index (χ0) is 17.3. The normalized spacial score (nSPS) is 14.3. The van der Waals surface area contributed by atoms with E-state index in [-0.39, 0.29) is 0 Å². The number of para-hydroxylation sites is 1. The van der Waals surface area contributed by atoms with Crippen molar-refractivity contribution in [2.45, 2.75) is 6.04 Å². The van der Waals surface area contributed by atoms with Crippen LogP contribution in [0.1, 0.15) is 6.04 Å². The Hall–Kier alpha value is -3.18. The predicted octanol–water partition coefficient (Wildman–Crippen LogP) is 4.03. The molecule has 5 heteroatoms. The fraction of sp³-hybridized carbons (Fsp3) is 0.143. The molecule has 1 N–H and O–H groups in total. The van der Waals surface area contributed by atoms with E-state index in [1.807, 2.05) is 42.5 Å². The summed E-state index contributed by atoms with van der Waals surface area (Å²) in [5.41, 5.74) is 4.09.